The monoisotopic (exact) mass is 323 g/mol. The molecule has 5 aromatic rings. The fraction of sp³-hybridized carbons (Fsp3) is 0.0455. The SMILES string of the molecule is c1ccc2c(C(c3ccncc3)c3c[nH]c4ccccc34)c[nH]c2c1. The molecule has 0 aliphatic heterocycles. The Labute approximate surface area is 145 Å². The highest BCUT2D eigenvalue weighted by Gasteiger charge is 2.22. The zero-order valence-corrected chi connectivity index (χ0v) is 13.6. The fourth-order valence-corrected chi connectivity index (χ4v) is 3.75. The molecule has 0 amide bonds. The van der Waals surface area contributed by atoms with Gasteiger partial charge < -0.3 is 9.97 Å². The second-order valence-corrected chi connectivity index (χ2v) is 6.29. The third-order valence-corrected chi connectivity index (χ3v) is 4.90. The Hall–Kier alpha value is -3.33. The van der Waals surface area contributed by atoms with E-state index in [2.05, 4.69) is 88.0 Å². The molecule has 2 aromatic carbocycles. The number of nitrogens with zero attached hydrogens (tertiary/aromatic N) is 1. The van der Waals surface area contributed by atoms with Crippen LogP contribution in [-0.2, 0) is 0 Å². The summed E-state index contributed by atoms with van der Waals surface area (Å²) in [6.07, 6.45) is 8.01. The standard InChI is InChI=1S/C22H17N3/c1-3-7-20-16(5-1)18(13-24-20)22(15-9-11-23-12-10-15)19-14-25-21-8-4-2-6-17(19)21/h1-14,22,24-25H. The van der Waals surface area contributed by atoms with E-state index in [0.717, 1.165) is 11.0 Å². The molecule has 0 atom stereocenters. The Balaban J connectivity index is 1.81. The first kappa shape index (κ1) is 14.1. The molecule has 2 N–H and O–H groups in total. The lowest BCUT2D eigenvalue weighted by Gasteiger charge is -2.17. The van der Waals surface area contributed by atoms with Crippen LogP contribution in [0.15, 0.2) is 85.5 Å². The van der Waals surface area contributed by atoms with Crippen LogP contribution in [0.4, 0.5) is 0 Å². The van der Waals surface area contributed by atoms with E-state index in [1.165, 1.54) is 27.5 Å². The molecule has 0 radical (unpaired) electrons. The smallest absolute Gasteiger partial charge is 0.0457 e. The molecule has 25 heavy (non-hydrogen) atoms. The van der Waals surface area contributed by atoms with Gasteiger partial charge in [-0.1, -0.05) is 36.4 Å². The predicted octanol–water partition coefficient (Wildman–Crippen LogP) is 5.22. The van der Waals surface area contributed by atoms with Crippen LogP contribution in [0.25, 0.3) is 21.8 Å². The molecule has 0 spiro atoms. The van der Waals surface area contributed by atoms with E-state index < -0.39 is 0 Å². The largest absolute Gasteiger partial charge is 0.361 e. The second kappa shape index (κ2) is 5.64. The molecule has 0 aliphatic carbocycles. The molecule has 0 saturated carbocycles. The van der Waals surface area contributed by atoms with Gasteiger partial charge in [0.05, 0.1) is 0 Å². The van der Waals surface area contributed by atoms with Crippen molar-refractivity contribution in [3.8, 4) is 0 Å². The number of nitrogens with one attached hydrogen (secondary N) is 2. The van der Waals surface area contributed by atoms with Crippen molar-refractivity contribution in [1.29, 1.82) is 0 Å². The molecule has 3 nitrogen and oxygen atoms in total. The van der Waals surface area contributed by atoms with Gasteiger partial charge in [0, 0.05) is 52.5 Å². The number of benzene rings is 2. The van der Waals surface area contributed by atoms with Gasteiger partial charge in [0.15, 0.2) is 0 Å². The van der Waals surface area contributed by atoms with Crippen LogP contribution in [0.1, 0.15) is 22.6 Å². The Morgan fingerprint density at radius 1 is 0.640 bits per heavy atom. The maximum atomic E-state index is 4.20. The van der Waals surface area contributed by atoms with Crippen LogP contribution in [0.2, 0.25) is 0 Å². The molecule has 3 aromatic heterocycles. The van der Waals surface area contributed by atoms with Crippen molar-refractivity contribution in [3.05, 3.63) is 102 Å². The minimum absolute atomic E-state index is 0.148. The van der Waals surface area contributed by atoms with E-state index in [1.54, 1.807) is 0 Å². The highest BCUT2D eigenvalue weighted by molar-refractivity contribution is 5.89. The zero-order chi connectivity index (χ0) is 16.6. The Bertz CT molecular complexity index is 1080. The van der Waals surface area contributed by atoms with Crippen molar-refractivity contribution < 1.29 is 0 Å². The van der Waals surface area contributed by atoms with Gasteiger partial charge in [-0.05, 0) is 41.0 Å². The number of aromatic amines is 2. The number of para-hydroxylation sites is 2. The summed E-state index contributed by atoms with van der Waals surface area (Å²) in [5.41, 5.74) is 6.13. The molecule has 120 valence electrons. The topological polar surface area (TPSA) is 44.5 Å². The van der Waals surface area contributed by atoms with Crippen LogP contribution < -0.4 is 0 Å². The van der Waals surface area contributed by atoms with Crippen LogP contribution >= 0.6 is 0 Å². The molecule has 0 fully saturated rings. The lowest BCUT2D eigenvalue weighted by atomic mass is 9.85. The van der Waals surface area contributed by atoms with Crippen LogP contribution in [0.3, 0.4) is 0 Å². The lowest BCUT2D eigenvalue weighted by molar-refractivity contribution is 0.990. The summed E-state index contributed by atoms with van der Waals surface area (Å²) in [6.45, 7) is 0. The van der Waals surface area contributed by atoms with Crippen molar-refractivity contribution in [2.45, 2.75) is 5.92 Å². The summed E-state index contributed by atoms with van der Waals surface area (Å²) < 4.78 is 0. The maximum absolute atomic E-state index is 4.20. The minimum atomic E-state index is 0.148. The summed E-state index contributed by atoms with van der Waals surface area (Å²) in [5.74, 6) is 0.148. The van der Waals surface area contributed by atoms with E-state index in [4.69, 9.17) is 0 Å². The summed E-state index contributed by atoms with van der Waals surface area (Å²) >= 11 is 0. The maximum Gasteiger partial charge on any atom is 0.0457 e. The molecule has 0 aliphatic rings. The minimum Gasteiger partial charge on any atom is -0.361 e. The van der Waals surface area contributed by atoms with Gasteiger partial charge in [-0.15, -0.1) is 0 Å². The number of rotatable bonds is 3. The van der Waals surface area contributed by atoms with Crippen molar-refractivity contribution in [2.75, 3.05) is 0 Å². The molecular weight excluding hydrogens is 306 g/mol. The summed E-state index contributed by atoms with van der Waals surface area (Å²) in [6, 6.07) is 21.1. The number of fused-ring (bicyclic) bond motifs is 2. The number of aromatic nitrogens is 3. The number of hydrogen-bond acceptors (Lipinski definition) is 1. The first-order valence-electron chi connectivity index (χ1n) is 8.44. The highest BCUT2D eigenvalue weighted by atomic mass is 14.7. The molecule has 0 unspecified atom stereocenters. The first-order valence-corrected chi connectivity index (χ1v) is 8.44. The molecule has 0 saturated heterocycles. The summed E-state index contributed by atoms with van der Waals surface area (Å²) in [4.78, 5) is 11.0. The van der Waals surface area contributed by atoms with Crippen molar-refractivity contribution in [3.63, 3.8) is 0 Å². The normalized spacial score (nSPS) is 11.6. The summed E-state index contributed by atoms with van der Waals surface area (Å²) in [7, 11) is 0. The van der Waals surface area contributed by atoms with E-state index in [0.29, 0.717) is 0 Å². The van der Waals surface area contributed by atoms with Gasteiger partial charge in [-0.2, -0.15) is 0 Å². The van der Waals surface area contributed by atoms with Crippen LogP contribution in [0.5, 0.6) is 0 Å². The average Bonchev–Trinajstić information content (AvgIpc) is 3.29. The van der Waals surface area contributed by atoms with Gasteiger partial charge in [0.25, 0.3) is 0 Å². The first-order chi connectivity index (χ1) is 12.4. The van der Waals surface area contributed by atoms with Gasteiger partial charge in [0.2, 0.25) is 0 Å². The molecular formula is C22H17N3. The van der Waals surface area contributed by atoms with E-state index in [1.807, 2.05) is 12.4 Å². The Morgan fingerprint density at radius 3 is 1.72 bits per heavy atom. The highest BCUT2D eigenvalue weighted by Crippen LogP contribution is 2.38. The lowest BCUT2D eigenvalue weighted by Crippen LogP contribution is -2.02. The number of H-pyrrole nitrogens is 2. The summed E-state index contributed by atoms with van der Waals surface area (Å²) in [5, 5.41) is 2.52. The molecule has 3 heterocycles. The van der Waals surface area contributed by atoms with Crippen LogP contribution in [-0.4, -0.2) is 15.0 Å². The van der Waals surface area contributed by atoms with Gasteiger partial charge in [0.1, 0.15) is 0 Å². The van der Waals surface area contributed by atoms with Gasteiger partial charge in [-0.25, -0.2) is 0 Å². The van der Waals surface area contributed by atoms with Gasteiger partial charge >= 0.3 is 0 Å². The Kier molecular flexibility index (Phi) is 3.17. The average molecular weight is 323 g/mol. The van der Waals surface area contributed by atoms with Crippen molar-refractivity contribution >= 4 is 21.8 Å². The van der Waals surface area contributed by atoms with Gasteiger partial charge in [-0.3, -0.25) is 4.98 Å². The van der Waals surface area contributed by atoms with Crippen molar-refractivity contribution in [1.82, 2.24) is 15.0 Å². The molecule has 5 rings (SSSR count). The molecule has 0 bridgehead atoms. The number of hydrogen-bond donors (Lipinski definition) is 2. The zero-order valence-electron chi connectivity index (χ0n) is 13.6. The van der Waals surface area contributed by atoms with Crippen LogP contribution in [0, 0.1) is 0 Å². The third kappa shape index (κ3) is 2.24. The second-order valence-electron chi connectivity index (χ2n) is 6.29. The van der Waals surface area contributed by atoms with E-state index >= 15 is 0 Å². The van der Waals surface area contributed by atoms with E-state index in [9.17, 15) is 0 Å². The van der Waals surface area contributed by atoms with E-state index in [-0.39, 0.29) is 5.92 Å². The molecule has 3 heteroatoms. The van der Waals surface area contributed by atoms with Crippen molar-refractivity contribution in [2.24, 2.45) is 0 Å². The predicted molar refractivity (Wildman–Crippen MR) is 102 cm³/mol. The fourth-order valence-electron chi connectivity index (χ4n) is 3.75. The number of pyridine rings is 1. The Morgan fingerprint density at radius 2 is 1.16 bits per heavy atom. The third-order valence-electron chi connectivity index (χ3n) is 4.90. The quantitative estimate of drug-likeness (QED) is 0.469.